The van der Waals surface area contributed by atoms with Gasteiger partial charge in [-0.2, -0.15) is 0 Å². The van der Waals surface area contributed by atoms with Crippen LogP contribution in [0.15, 0.2) is 59.1 Å². The fourth-order valence-corrected chi connectivity index (χ4v) is 5.03. The second-order valence-electron chi connectivity index (χ2n) is 8.93. The summed E-state index contributed by atoms with van der Waals surface area (Å²) in [6, 6.07) is 18.3. The van der Waals surface area contributed by atoms with Crippen LogP contribution in [0.5, 0.6) is 0 Å². The first-order valence-corrected chi connectivity index (χ1v) is 11.4. The fourth-order valence-electron chi connectivity index (χ4n) is 5.03. The lowest BCUT2D eigenvalue weighted by Gasteiger charge is -2.25. The zero-order valence-corrected chi connectivity index (χ0v) is 18.1. The van der Waals surface area contributed by atoms with Crippen LogP contribution < -0.4 is 10.6 Å². The number of hydrogen-bond acceptors (Lipinski definition) is 5. The zero-order chi connectivity index (χ0) is 21.7. The minimum Gasteiger partial charge on any atom is -0.380 e. The van der Waals surface area contributed by atoms with Gasteiger partial charge in [-0.1, -0.05) is 66.4 Å². The third-order valence-electron chi connectivity index (χ3n) is 6.69. The van der Waals surface area contributed by atoms with Crippen molar-refractivity contribution in [2.24, 2.45) is 0 Å². The summed E-state index contributed by atoms with van der Waals surface area (Å²) < 4.78 is 5.85. The number of nitrogens with one attached hydrogen (secondary N) is 2. The third-order valence-corrected chi connectivity index (χ3v) is 6.69. The van der Waals surface area contributed by atoms with Crippen LogP contribution in [0.2, 0.25) is 0 Å². The molecule has 32 heavy (non-hydrogen) atoms. The van der Waals surface area contributed by atoms with Gasteiger partial charge < -0.3 is 15.2 Å². The molecule has 5 heteroatoms. The smallest absolute Gasteiger partial charge is 0.196 e. The maximum Gasteiger partial charge on any atom is 0.196 e. The minimum atomic E-state index is 0.000119. The molecule has 160 valence electrons. The van der Waals surface area contributed by atoms with Gasteiger partial charge in [0.25, 0.3) is 0 Å². The maximum absolute atomic E-state index is 13.6. The number of benzene rings is 3. The average Bonchev–Trinajstić information content (AvgIpc) is 3.26. The predicted molar refractivity (Wildman–Crippen MR) is 128 cm³/mol. The van der Waals surface area contributed by atoms with E-state index in [2.05, 4.69) is 34.8 Å². The zero-order valence-electron chi connectivity index (χ0n) is 18.1. The average molecular weight is 424 g/mol. The van der Waals surface area contributed by atoms with Crippen LogP contribution in [0.1, 0.15) is 53.6 Å². The Morgan fingerprint density at radius 3 is 2.47 bits per heavy atom. The molecule has 2 N–H and O–H groups in total. The summed E-state index contributed by atoms with van der Waals surface area (Å²) in [7, 11) is 0. The highest BCUT2D eigenvalue weighted by atomic mass is 16.5. The van der Waals surface area contributed by atoms with E-state index in [-0.39, 0.29) is 5.78 Å². The Hall–Kier alpha value is -3.60. The van der Waals surface area contributed by atoms with Crippen molar-refractivity contribution in [1.29, 1.82) is 0 Å². The lowest BCUT2D eigenvalue weighted by atomic mass is 9.86. The van der Waals surface area contributed by atoms with Crippen molar-refractivity contribution in [3.63, 3.8) is 0 Å². The Bertz CT molecular complexity index is 1330. The Morgan fingerprint density at radius 1 is 0.938 bits per heavy atom. The summed E-state index contributed by atoms with van der Waals surface area (Å²) in [4.78, 5) is 13.6. The number of aryl methyl sites for hydroxylation is 1. The van der Waals surface area contributed by atoms with Gasteiger partial charge in [0.05, 0.1) is 22.3 Å². The van der Waals surface area contributed by atoms with Crippen molar-refractivity contribution in [2.45, 2.75) is 45.1 Å². The molecule has 2 aliphatic rings. The lowest BCUT2D eigenvalue weighted by molar-refractivity contribution is 0.104. The molecular weight excluding hydrogens is 398 g/mol. The summed E-state index contributed by atoms with van der Waals surface area (Å²) in [5, 5.41) is 12.4. The minimum absolute atomic E-state index is 0.000119. The molecule has 1 fully saturated rings. The first kappa shape index (κ1) is 19.1. The van der Waals surface area contributed by atoms with E-state index >= 15 is 0 Å². The number of carbonyl (C=O) groups excluding carboxylic acids is 1. The molecule has 6 rings (SSSR count). The normalized spacial score (nSPS) is 15.6. The molecule has 0 aliphatic heterocycles. The van der Waals surface area contributed by atoms with E-state index in [0.717, 1.165) is 46.4 Å². The largest absolute Gasteiger partial charge is 0.380 e. The van der Waals surface area contributed by atoms with Crippen LogP contribution in [0.3, 0.4) is 0 Å². The van der Waals surface area contributed by atoms with Gasteiger partial charge >= 0.3 is 0 Å². The van der Waals surface area contributed by atoms with E-state index in [1.54, 1.807) is 0 Å². The topological polar surface area (TPSA) is 67.2 Å². The van der Waals surface area contributed by atoms with Gasteiger partial charge in [0.1, 0.15) is 5.52 Å². The Balaban J connectivity index is 1.54. The van der Waals surface area contributed by atoms with Gasteiger partial charge in [0.15, 0.2) is 11.5 Å². The standard InChI is InChI=1S/C27H25N3O2/c1-16-11-13-18(14-12-16)28-21-15-22(29-17-7-3-2-4-8-17)25-24-23(21)26(31)19-9-5-6-10-20(19)27(24)32-30-25/h5-6,9-15,17,28-29H,2-4,7-8H2,1H3. The summed E-state index contributed by atoms with van der Waals surface area (Å²) in [5.41, 5.74) is 6.66. The molecule has 0 amide bonds. The van der Waals surface area contributed by atoms with E-state index in [4.69, 9.17) is 4.52 Å². The molecule has 4 aromatic rings. The summed E-state index contributed by atoms with van der Waals surface area (Å²) in [6.45, 7) is 2.07. The van der Waals surface area contributed by atoms with E-state index in [9.17, 15) is 4.79 Å². The van der Waals surface area contributed by atoms with Crippen molar-refractivity contribution in [1.82, 2.24) is 5.16 Å². The third kappa shape index (κ3) is 3.08. The van der Waals surface area contributed by atoms with Gasteiger partial charge in [0, 0.05) is 22.9 Å². The van der Waals surface area contributed by atoms with Crippen molar-refractivity contribution in [2.75, 3.05) is 10.6 Å². The van der Waals surface area contributed by atoms with Crippen molar-refractivity contribution in [3.8, 4) is 11.3 Å². The second kappa shape index (κ2) is 7.52. The van der Waals surface area contributed by atoms with Crippen molar-refractivity contribution < 1.29 is 9.32 Å². The molecule has 0 bridgehead atoms. The molecular formula is C27H25N3O2. The SMILES string of the molecule is Cc1ccc(Nc2cc(NC3CCCCC3)c3noc4c3c2C(=O)c2ccccc2-4)cc1. The molecule has 0 radical (unpaired) electrons. The highest BCUT2D eigenvalue weighted by Gasteiger charge is 2.33. The molecule has 0 unspecified atom stereocenters. The van der Waals surface area contributed by atoms with Crippen LogP contribution >= 0.6 is 0 Å². The monoisotopic (exact) mass is 423 g/mol. The second-order valence-corrected chi connectivity index (χ2v) is 8.93. The van der Waals surface area contributed by atoms with Gasteiger partial charge in [-0.05, 0) is 38.0 Å². The molecule has 1 heterocycles. The Kier molecular flexibility index (Phi) is 4.49. The number of rotatable bonds is 4. The molecule has 0 atom stereocenters. The van der Waals surface area contributed by atoms with Gasteiger partial charge in [-0.25, -0.2) is 0 Å². The molecule has 1 saturated carbocycles. The molecule has 1 aromatic heterocycles. The summed E-state index contributed by atoms with van der Waals surface area (Å²) in [6.07, 6.45) is 6.08. The molecule has 0 spiro atoms. The van der Waals surface area contributed by atoms with Crippen LogP contribution in [0.4, 0.5) is 17.1 Å². The van der Waals surface area contributed by atoms with Gasteiger partial charge in [0.2, 0.25) is 0 Å². The highest BCUT2D eigenvalue weighted by Crippen LogP contribution is 2.45. The predicted octanol–water partition coefficient (Wildman–Crippen LogP) is 6.84. The van der Waals surface area contributed by atoms with Crippen LogP contribution in [0.25, 0.3) is 22.2 Å². The van der Waals surface area contributed by atoms with Gasteiger partial charge in [-0.15, -0.1) is 0 Å². The summed E-state index contributed by atoms with van der Waals surface area (Å²) >= 11 is 0. The number of nitrogens with zero attached hydrogens (tertiary/aromatic N) is 1. The molecule has 5 nitrogen and oxygen atoms in total. The number of anilines is 3. The van der Waals surface area contributed by atoms with E-state index in [0.29, 0.717) is 22.9 Å². The molecule has 3 aromatic carbocycles. The molecule has 0 saturated heterocycles. The van der Waals surface area contributed by atoms with Crippen LogP contribution in [-0.4, -0.2) is 17.0 Å². The Morgan fingerprint density at radius 2 is 1.69 bits per heavy atom. The fraction of sp³-hybridized carbons (Fsp3) is 0.259. The lowest BCUT2D eigenvalue weighted by Crippen LogP contribution is -2.22. The maximum atomic E-state index is 13.6. The van der Waals surface area contributed by atoms with Crippen molar-refractivity contribution in [3.05, 3.63) is 71.3 Å². The first-order chi connectivity index (χ1) is 15.7. The van der Waals surface area contributed by atoms with Crippen LogP contribution in [0, 0.1) is 6.92 Å². The molecule has 2 aliphatic carbocycles. The van der Waals surface area contributed by atoms with Crippen LogP contribution in [-0.2, 0) is 0 Å². The Labute approximate surface area is 186 Å². The first-order valence-electron chi connectivity index (χ1n) is 11.4. The number of hydrogen-bond donors (Lipinski definition) is 2. The number of fused-ring (bicyclic) bond motifs is 2. The quantitative estimate of drug-likeness (QED) is 0.331. The number of ketones is 1. The number of carbonyl (C=O) groups is 1. The van der Waals surface area contributed by atoms with Gasteiger partial charge in [-0.3, -0.25) is 4.79 Å². The number of aromatic nitrogens is 1. The summed E-state index contributed by atoms with van der Waals surface area (Å²) in [5.74, 6) is 0.671. The van der Waals surface area contributed by atoms with E-state index in [1.165, 1.54) is 24.8 Å². The van der Waals surface area contributed by atoms with Crippen molar-refractivity contribution >= 4 is 33.7 Å². The van der Waals surface area contributed by atoms with E-state index in [1.807, 2.05) is 42.5 Å². The highest BCUT2D eigenvalue weighted by molar-refractivity contribution is 6.28. The van der Waals surface area contributed by atoms with E-state index < -0.39 is 0 Å².